The quantitative estimate of drug-likeness (QED) is 0.838. The van der Waals surface area contributed by atoms with Gasteiger partial charge in [0.2, 0.25) is 5.88 Å². The molecule has 2 saturated carbocycles. The number of hydrogen-bond donors (Lipinski definition) is 1. The minimum atomic E-state index is -1.10. The van der Waals surface area contributed by atoms with Gasteiger partial charge in [-0.05, 0) is 49.1 Å². The number of carboxylic acids is 1. The molecule has 2 aliphatic carbocycles. The Hall–Kier alpha value is -2.08. The summed E-state index contributed by atoms with van der Waals surface area (Å²) in [5.74, 6) is 2.28. The number of rotatable bonds is 5. The molecule has 2 heterocycles. The summed E-state index contributed by atoms with van der Waals surface area (Å²) in [6.45, 7) is 0.713. The van der Waals surface area contributed by atoms with Crippen LogP contribution in [0.4, 0.5) is 0 Å². The molecule has 1 N–H and O–H groups in total. The molecule has 0 spiro atoms. The molecule has 24 heavy (non-hydrogen) atoms. The molecule has 0 radical (unpaired) electrons. The van der Waals surface area contributed by atoms with Crippen molar-refractivity contribution in [2.75, 3.05) is 6.61 Å². The molecule has 1 unspecified atom stereocenters. The van der Waals surface area contributed by atoms with Gasteiger partial charge in [-0.2, -0.15) is 0 Å². The molecule has 2 bridgehead atoms. The van der Waals surface area contributed by atoms with Gasteiger partial charge >= 0.3 is 5.97 Å². The number of fused-ring (bicyclic) bond motifs is 2. The molecule has 2 aliphatic rings. The lowest BCUT2D eigenvalue weighted by atomic mass is 9.90. The Morgan fingerprint density at radius 1 is 1.33 bits per heavy atom. The van der Waals surface area contributed by atoms with Crippen LogP contribution >= 0.6 is 11.6 Å². The predicted molar refractivity (Wildman–Crippen MR) is 87.8 cm³/mol. The van der Waals surface area contributed by atoms with Gasteiger partial charge in [0.05, 0.1) is 12.2 Å². The van der Waals surface area contributed by atoms with Crippen LogP contribution in [0.25, 0.3) is 5.82 Å². The summed E-state index contributed by atoms with van der Waals surface area (Å²) in [6.07, 6.45) is 7.09. The Labute approximate surface area is 144 Å². The average Bonchev–Trinajstić information content (AvgIpc) is 3.29. The summed E-state index contributed by atoms with van der Waals surface area (Å²) in [6, 6.07) is 4.78. The summed E-state index contributed by atoms with van der Waals surface area (Å²) in [7, 11) is 0. The van der Waals surface area contributed by atoms with E-state index in [1.165, 1.54) is 36.4 Å². The van der Waals surface area contributed by atoms with E-state index in [4.69, 9.17) is 21.4 Å². The first-order chi connectivity index (χ1) is 11.6. The van der Waals surface area contributed by atoms with E-state index in [1.807, 2.05) is 0 Å². The van der Waals surface area contributed by atoms with Gasteiger partial charge < -0.3 is 9.84 Å². The molecular weight excluding hydrogens is 330 g/mol. The van der Waals surface area contributed by atoms with Gasteiger partial charge in [0.25, 0.3) is 0 Å². The van der Waals surface area contributed by atoms with Gasteiger partial charge in [0.1, 0.15) is 5.15 Å². The van der Waals surface area contributed by atoms with E-state index in [0.29, 0.717) is 24.2 Å². The zero-order chi connectivity index (χ0) is 16.7. The highest BCUT2D eigenvalue weighted by atomic mass is 35.5. The maximum Gasteiger partial charge on any atom is 0.338 e. The molecule has 3 atom stereocenters. The van der Waals surface area contributed by atoms with Gasteiger partial charge in [-0.3, -0.25) is 0 Å². The average molecular weight is 348 g/mol. The predicted octanol–water partition coefficient (Wildman–Crippen LogP) is 3.43. The highest BCUT2D eigenvalue weighted by Gasteiger charge is 2.39. The van der Waals surface area contributed by atoms with E-state index in [2.05, 4.69) is 10.1 Å². The van der Waals surface area contributed by atoms with Gasteiger partial charge in [-0.25, -0.2) is 14.5 Å². The third kappa shape index (κ3) is 2.86. The van der Waals surface area contributed by atoms with Crippen molar-refractivity contribution in [3.05, 3.63) is 35.1 Å². The molecule has 0 amide bonds. The number of aromatic carboxylic acids is 1. The Bertz CT molecular complexity index is 776. The van der Waals surface area contributed by atoms with Crippen molar-refractivity contribution in [2.45, 2.75) is 25.7 Å². The lowest BCUT2D eigenvalue weighted by molar-refractivity contribution is 0.0696. The van der Waals surface area contributed by atoms with E-state index in [9.17, 15) is 4.79 Å². The smallest absolute Gasteiger partial charge is 0.338 e. The molecule has 4 rings (SSSR count). The van der Waals surface area contributed by atoms with Gasteiger partial charge in [-0.15, -0.1) is 5.10 Å². The molecule has 2 aromatic rings. The Morgan fingerprint density at radius 2 is 2.21 bits per heavy atom. The van der Waals surface area contributed by atoms with Crippen molar-refractivity contribution in [1.82, 2.24) is 14.8 Å². The van der Waals surface area contributed by atoms with Crippen molar-refractivity contribution >= 4 is 17.6 Å². The van der Waals surface area contributed by atoms with Crippen LogP contribution in [0.3, 0.4) is 0 Å². The Kier molecular flexibility index (Phi) is 3.92. The summed E-state index contributed by atoms with van der Waals surface area (Å²) in [5, 5.41) is 13.3. The van der Waals surface area contributed by atoms with Crippen molar-refractivity contribution in [3.63, 3.8) is 0 Å². The molecule has 2 fully saturated rings. The van der Waals surface area contributed by atoms with Crippen LogP contribution in [-0.2, 0) is 0 Å². The molecule has 6 nitrogen and oxygen atoms in total. The lowest BCUT2D eigenvalue weighted by Crippen LogP contribution is -2.18. The molecule has 0 saturated heterocycles. The van der Waals surface area contributed by atoms with E-state index >= 15 is 0 Å². The van der Waals surface area contributed by atoms with Crippen molar-refractivity contribution < 1.29 is 14.6 Å². The first-order valence-corrected chi connectivity index (χ1v) is 8.56. The standard InChI is InChI=1S/C17H18ClN3O3/c18-16-13(17(22)23)3-4-14(19-16)21-6-5-15(20-21)24-9-12-8-10-1-2-11(12)7-10/h3-6,10-12H,1-2,7-9H2,(H,22,23)/t10-,11+,12?/m0/s1. The zero-order valence-corrected chi connectivity index (χ0v) is 13.8. The van der Waals surface area contributed by atoms with E-state index in [-0.39, 0.29) is 10.7 Å². The number of hydrogen-bond acceptors (Lipinski definition) is 4. The van der Waals surface area contributed by atoms with E-state index < -0.39 is 5.97 Å². The number of carboxylic acid groups (broad SMARTS) is 1. The van der Waals surface area contributed by atoms with Crippen LogP contribution < -0.4 is 4.74 Å². The topological polar surface area (TPSA) is 77.2 Å². The fourth-order valence-electron chi connectivity index (χ4n) is 4.00. The summed E-state index contributed by atoms with van der Waals surface area (Å²) >= 11 is 5.90. The summed E-state index contributed by atoms with van der Waals surface area (Å²) < 4.78 is 7.39. The largest absolute Gasteiger partial charge is 0.478 e. The number of halogens is 1. The highest BCUT2D eigenvalue weighted by molar-refractivity contribution is 6.32. The van der Waals surface area contributed by atoms with Crippen LogP contribution in [0.2, 0.25) is 5.15 Å². The SMILES string of the molecule is O=C(O)c1ccc(-n2ccc(OCC3C[C@H]4CC[C@@H]3C4)n2)nc1Cl. The number of aromatic nitrogens is 3. The second-order valence-corrected chi connectivity index (χ2v) is 7.02. The molecule has 2 aromatic heterocycles. The molecule has 0 aliphatic heterocycles. The monoisotopic (exact) mass is 347 g/mol. The van der Waals surface area contributed by atoms with E-state index in [1.54, 1.807) is 18.3 Å². The Morgan fingerprint density at radius 3 is 2.88 bits per heavy atom. The fraction of sp³-hybridized carbons (Fsp3) is 0.471. The normalized spacial score (nSPS) is 25.1. The number of carbonyl (C=O) groups is 1. The molecule has 7 heteroatoms. The van der Waals surface area contributed by atoms with Crippen molar-refractivity contribution in [1.29, 1.82) is 0 Å². The van der Waals surface area contributed by atoms with Crippen LogP contribution in [0, 0.1) is 17.8 Å². The number of ether oxygens (including phenoxy) is 1. The second-order valence-electron chi connectivity index (χ2n) is 6.66. The highest BCUT2D eigenvalue weighted by Crippen LogP contribution is 2.48. The molecule has 126 valence electrons. The summed E-state index contributed by atoms with van der Waals surface area (Å²) in [5.41, 5.74) is -0.0275. The van der Waals surface area contributed by atoms with Crippen LogP contribution in [-0.4, -0.2) is 32.4 Å². The maximum atomic E-state index is 11.0. The molecular formula is C17H18ClN3O3. The Balaban J connectivity index is 1.43. The van der Waals surface area contributed by atoms with Gasteiger partial charge in [-0.1, -0.05) is 18.0 Å². The maximum absolute atomic E-state index is 11.0. The first-order valence-electron chi connectivity index (χ1n) is 8.19. The van der Waals surface area contributed by atoms with E-state index in [0.717, 1.165) is 11.8 Å². The minimum Gasteiger partial charge on any atom is -0.478 e. The van der Waals surface area contributed by atoms with Gasteiger partial charge in [0, 0.05) is 12.3 Å². The third-order valence-electron chi connectivity index (χ3n) is 5.19. The first kappa shape index (κ1) is 15.4. The molecule has 0 aromatic carbocycles. The zero-order valence-electron chi connectivity index (χ0n) is 13.1. The van der Waals surface area contributed by atoms with Crippen LogP contribution in [0.5, 0.6) is 5.88 Å². The van der Waals surface area contributed by atoms with Crippen molar-refractivity contribution in [3.8, 4) is 11.7 Å². The third-order valence-corrected chi connectivity index (χ3v) is 5.48. The van der Waals surface area contributed by atoms with Crippen molar-refractivity contribution in [2.24, 2.45) is 17.8 Å². The fourth-order valence-corrected chi connectivity index (χ4v) is 4.23. The lowest BCUT2D eigenvalue weighted by Gasteiger charge is -2.20. The number of nitrogens with zero attached hydrogens (tertiary/aromatic N) is 3. The van der Waals surface area contributed by atoms with Gasteiger partial charge in [0.15, 0.2) is 5.82 Å². The summed E-state index contributed by atoms with van der Waals surface area (Å²) in [4.78, 5) is 15.0. The minimum absolute atomic E-state index is 0.0275. The van der Waals surface area contributed by atoms with Crippen LogP contribution in [0.1, 0.15) is 36.0 Å². The second kappa shape index (κ2) is 6.09. The number of pyridine rings is 1. The van der Waals surface area contributed by atoms with Crippen LogP contribution in [0.15, 0.2) is 24.4 Å².